The van der Waals surface area contributed by atoms with Crippen LogP contribution in [0.1, 0.15) is 12.5 Å². The first kappa shape index (κ1) is 17.3. The Kier molecular flexibility index (Phi) is 6.19. The van der Waals surface area contributed by atoms with Gasteiger partial charge in [0.1, 0.15) is 17.5 Å². The van der Waals surface area contributed by atoms with Gasteiger partial charge in [0.25, 0.3) is 5.91 Å². The van der Waals surface area contributed by atoms with E-state index in [-0.39, 0.29) is 5.91 Å². The first-order chi connectivity index (χ1) is 11.6. The van der Waals surface area contributed by atoms with Crippen molar-refractivity contribution in [3.05, 3.63) is 54.1 Å². The summed E-state index contributed by atoms with van der Waals surface area (Å²) >= 11 is 0. The Morgan fingerprint density at radius 2 is 1.54 bits per heavy atom. The van der Waals surface area contributed by atoms with Gasteiger partial charge in [0.2, 0.25) is 0 Å². The first-order valence-electron chi connectivity index (χ1n) is 7.50. The van der Waals surface area contributed by atoms with Crippen molar-refractivity contribution >= 4 is 17.8 Å². The van der Waals surface area contributed by atoms with Gasteiger partial charge in [-0.1, -0.05) is 0 Å². The van der Waals surface area contributed by atoms with Crippen LogP contribution in [0.15, 0.2) is 53.6 Å². The molecule has 2 aromatic carbocycles. The summed E-state index contributed by atoms with van der Waals surface area (Å²) in [6.45, 7) is 1.77. The van der Waals surface area contributed by atoms with Crippen LogP contribution in [0.2, 0.25) is 0 Å². The Hall–Kier alpha value is -3.02. The zero-order valence-corrected chi connectivity index (χ0v) is 13.9. The molecule has 0 saturated heterocycles. The molecule has 2 aromatic rings. The quantitative estimate of drug-likeness (QED) is 0.606. The maximum absolute atomic E-state index is 12.0. The molecule has 24 heavy (non-hydrogen) atoms. The largest absolute Gasteiger partial charge is 0.497 e. The van der Waals surface area contributed by atoms with Crippen molar-refractivity contribution in [2.24, 2.45) is 5.10 Å². The Bertz CT molecular complexity index is 682. The summed E-state index contributed by atoms with van der Waals surface area (Å²) in [5.74, 6) is 1.31. The van der Waals surface area contributed by atoms with E-state index in [4.69, 9.17) is 9.47 Å². The number of benzene rings is 2. The number of amides is 1. The maximum atomic E-state index is 12.0. The third-order valence-electron chi connectivity index (χ3n) is 3.37. The highest BCUT2D eigenvalue weighted by molar-refractivity contribution is 5.86. The molecule has 0 heterocycles. The van der Waals surface area contributed by atoms with E-state index < -0.39 is 6.04 Å². The topological polar surface area (TPSA) is 72.0 Å². The molecule has 0 aliphatic carbocycles. The number of carbonyl (C=O) groups excluding carboxylic acids is 1. The summed E-state index contributed by atoms with van der Waals surface area (Å²) in [6.07, 6.45) is 1.58. The van der Waals surface area contributed by atoms with Crippen LogP contribution >= 0.6 is 0 Å². The van der Waals surface area contributed by atoms with Crippen molar-refractivity contribution in [2.45, 2.75) is 13.0 Å². The second-order valence-electron chi connectivity index (χ2n) is 5.10. The van der Waals surface area contributed by atoms with E-state index in [1.807, 2.05) is 48.5 Å². The van der Waals surface area contributed by atoms with Crippen LogP contribution in [0.4, 0.5) is 5.69 Å². The molecule has 6 nitrogen and oxygen atoms in total. The van der Waals surface area contributed by atoms with E-state index in [0.717, 1.165) is 22.7 Å². The normalized spacial score (nSPS) is 11.8. The molecular formula is C18H21N3O3. The van der Waals surface area contributed by atoms with Crippen molar-refractivity contribution in [2.75, 3.05) is 19.5 Å². The third-order valence-corrected chi connectivity index (χ3v) is 3.37. The molecule has 6 heteroatoms. The summed E-state index contributed by atoms with van der Waals surface area (Å²) < 4.78 is 10.2. The average Bonchev–Trinajstić information content (AvgIpc) is 2.62. The van der Waals surface area contributed by atoms with Gasteiger partial charge in [-0.05, 0) is 61.0 Å². The van der Waals surface area contributed by atoms with E-state index in [9.17, 15) is 4.79 Å². The van der Waals surface area contributed by atoms with Crippen molar-refractivity contribution < 1.29 is 14.3 Å². The molecule has 126 valence electrons. The second kappa shape index (κ2) is 8.57. The van der Waals surface area contributed by atoms with Gasteiger partial charge in [-0.25, -0.2) is 5.43 Å². The van der Waals surface area contributed by atoms with Gasteiger partial charge in [-0.15, -0.1) is 0 Å². The van der Waals surface area contributed by atoms with Crippen molar-refractivity contribution in [1.29, 1.82) is 0 Å². The van der Waals surface area contributed by atoms with E-state index in [0.29, 0.717) is 0 Å². The number of hydrogen-bond acceptors (Lipinski definition) is 5. The SMILES string of the molecule is COc1ccc(/C=N\NC(=O)C(C)Nc2ccc(OC)cc2)cc1. The van der Waals surface area contributed by atoms with E-state index >= 15 is 0 Å². The standard InChI is InChI=1S/C18H21N3O3/c1-13(20-15-6-10-17(24-3)11-7-15)18(22)21-19-12-14-4-8-16(23-2)9-5-14/h4-13,20H,1-3H3,(H,21,22)/b19-12-. The Morgan fingerprint density at radius 3 is 2.08 bits per heavy atom. The highest BCUT2D eigenvalue weighted by atomic mass is 16.5. The molecule has 0 fully saturated rings. The van der Waals surface area contributed by atoms with Crippen molar-refractivity contribution in [3.63, 3.8) is 0 Å². The van der Waals surface area contributed by atoms with E-state index in [1.54, 1.807) is 27.4 Å². The fourth-order valence-electron chi connectivity index (χ4n) is 1.96. The molecule has 0 saturated carbocycles. The summed E-state index contributed by atoms with van der Waals surface area (Å²) in [5.41, 5.74) is 4.21. The molecule has 2 rings (SSSR count). The lowest BCUT2D eigenvalue weighted by Gasteiger charge is -2.13. The highest BCUT2D eigenvalue weighted by Gasteiger charge is 2.11. The molecule has 0 bridgehead atoms. The molecule has 0 spiro atoms. The van der Waals surface area contributed by atoms with Crippen LogP contribution in [0.3, 0.4) is 0 Å². The minimum Gasteiger partial charge on any atom is -0.497 e. The molecule has 0 aliphatic rings. The van der Waals surface area contributed by atoms with Crippen LogP contribution < -0.4 is 20.2 Å². The minimum absolute atomic E-state index is 0.226. The fraction of sp³-hybridized carbons (Fsp3) is 0.222. The summed E-state index contributed by atoms with van der Waals surface area (Å²) in [4.78, 5) is 12.0. The van der Waals surface area contributed by atoms with Crippen LogP contribution in [0, 0.1) is 0 Å². The first-order valence-corrected chi connectivity index (χ1v) is 7.50. The maximum Gasteiger partial charge on any atom is 0.262 e. The van der Waals surface area contributed by atoms with Crippen molar-refractivity contribution in [3.8, 4) is 11.5 Å². The number of anilines is 1. The number of rotatable bonds is 7. The van der Waals surface area contributed by atoms with Gasteiger partial charge in [0.15, 0.2) is 0 Å². The van der Waals surface area contributed by atoms with Crippen LogP contribution in [0.5, 0.6) is 11.5 Å². The molecular weight excluding hydrogens is 306 g/mol. The fourth-order valence-corrected chi connectivity index (χ4v) is 1.96. The molecule has 0 radical (unpaired) electrons. The molecule has 1 unspecified atom stereocenters. The Balaban J connectivity index is 1.84. The smallest absolute Gasteiger partial charge is 0.262 e. The van der Waals surface area contributed by atoms with Gasteiger partial charge in [-0.3, -0.25) is 4.79 Å². The molecule has 1 amide bonds. The number of nitrogens with zero attached hydrogens (tertiary/aromatic N) is 1. The summed E-state index contributed by atoms with van der Waals surface area (Å²) in [7, 11) is 3.22. The summed E-state index contributed by atoms with van der Waals surface area (Å²) in [5, 5.41) is 7.06. The van der Waals surface area contributed by atoms with Crippen LogP contribution in [-0.4, -0.2) is 32.4 Å². The number of carbonyl (C=O) groups is 1. The molecule has 2 N–H and O–H groups in total. The van der Waals surface area contributed by atoms with Gasteiger partial charge in [0, 0.05) is 5.69 Å². The lowest BCUT2D eigenvalue weighted by atomic mass is 10.2. The number of nitrogens with one attached hydrogen (secondary N) is 2. The van der Waals surface area contributed by atoms with E-state index in [2.05, 4.69) is 15.8 Å². The zero-order chi connectivity index (χ0) is 17.4. The molecule has 0 aromatic heterocycles. The van der Waals surface area contributed by atoms with Gasteiger partial charge in [0.05, 0.1) is 20.4 Å². The molecule has 1 atom stereocenters. The van der Waals surface area contributed by atoms with Crippen molar-refractivity contribution in [1.82, 2.24) is 5.43 Å². The van der Waals surface area contributed by atoms with E-state index in [1.165, 1.54) is 0 Å². The summed E-state index contributed by atoms with van der Waals surface area (Å²) in [6, 6.07) is 14.3. The predicted molar refractivity (Wildman–Crippen MR) is 94.8 cm³/mol. The lowest BCUT2D eigenvalue weighted by Crippen LogP contribution is -2.34. The zero-order valence-electron chi connectivity index (χ0n) is 13.9. The number of hydrogen-bond donors (Lipinski definition) is 2. The van der Waals surface area contributed by atoms with Gasteiger partial charge < -0.3 is 14.8 Å². The Morgan fingerprint density at radius 1 is 1.00 bits per heavy atom. The van der Waals surface area contributed by atoms with Gasteiger partial charge in [-0.2, -0.15) is 5.10 Å². The number of hydrazone groups is 1. The number of methoxy groups -OCH3 is 2. The van der Waals surface area contributed by atoms with Crippen LogP contribution in [0.25, 0.3) is 0 Å². The predicted octanol–water partition coefficient (Wildman–Crippen LogP) is 2.65. The highest BCUT2D eigenvalue weighted by Crippen LogP contribution is 2.15. The van der Waals surface area contributed by atoms with Gasteiger partial charge >= 0.3 is 0 Å². The minimum atomic E-state index is -0.425. The molecule has 0 aliphatic heterocycles. The second-order valence-corrected chi connectivity index (χ2v) is 5.10. The lowest BCUT2D eigenvalue weighted by molar-refractivity contribution is -0.121. The number of ether oxygens (including phenoxy) is 2. The van der Waals surface area contributed by atoms with Crippen LogP contribution in [-0.2, 0) is 4.79 Å². The Labute approximate surface area is 141 Å². The average molecular weight is 327 g/mol. The monoisotopic (exact) mass is 327 g/mol. The third kappa shape index (κ3) is 5.01.